The third-order valence-electron chi connectivity index (χ3n) is 4.24. The molecule has 0 unspecified atom stereocenters. The van der Waals surface area contributed by atoms with Crippen LogP contribution >= 0.6 is 11.3 Å². The van der Waals surface area contributed by atoms with E-state index in [0.29, 0.717) is 24.0 Å². The molecule has 4 rings (SSSR count). The number of fused-ring (bicyclic) bond motifs is 1. The highest BCUT2D eigenvalue weighted by Crippen LogP contribution is 2.30. The number of aryl methyl sites for hydroxylation is 1. The van der Waals surface area contributed by atoms with Gasteiger partial charge in [0.15, 0.2) is 10.9 Å². The average Bonchev–Trinajstić information content (AvgIpc) is 3.45. The predicted octanol–water partition coefficient (Wildman–Crippen LogP) is 3.28. The molecule has 1 amide bonds. The van der Waals surface area contributed by atoms with Crippen molar-refractivity contribution in [3.63, 3.8) is 0 Å². The van der Waals surface area contributed by atoms with Crippen LogP contribution in [0.1, 0.15) is 22.5 Å². The van der Waals surface area contributed by atoms with Crippen LogP contribution in [0.25, 0.3) is 10.2 Å². The third-order valence-corrected chi connectivity index (χ3v) is 5.28. The van der Waals surface area contributed by atoms with E-state index in [1.165, 1.54) is 17.6 Å². The molecule has 0 fully saturated rings. The van der Waals surface area contributed by atoms with E-state index in [-0.39, 0.29) is 5.91 Å². The van der Waals surface area contributed by atoms with Gasteiger partial charge < -0.3 is 14.7 Å². The molecule has 0 saturated carbocycles. The molecule has 0 aliphatic rings. The molecule has 0 aliphatic heterocycles. The summed E-state index contributed by atoms with van der Waals surface area (Å²) in [6.45, 7) is 1.77. The van der Waals surface area contributed by atoms with E-state index >= 15 is 0 Å². The second kappa shape index (κ2) is 7.73. The van der Waals surface area contributed by atoms with Crippen LogP contribution in [-0.4, -0.2) is 27.0 Å². The van der Waals surface area contributed by atoms with Crippen molar-refractivity contribution in [2.75, 3.05) is 11.4 Å². The highest BCUT2D eigenvalue weighted by molar-refractivity contribution is 7.22. The van der Waals surface area contributed by atoms with E-state index in [9.17, 15) is 4.79 Å². The third kappa shape index (κ3) is 3.76. The number of imidazole rings is 1. The fraction of sp³-hybridized carbons (Fsp3) is 0.211. The maximum atomic E-state index is 13.0. The zero-order chi connectivity index (χ0) is 18.6. The number of amides is 1. The first-order valence-corrected chi connectivity index (χ1v) is 9.47. The van der Waals surface area contributed by atoms with Crippen LogP contribution in [0, 0.1) is 0 Å². The molecule has 3 aromatic heterocycles. The summed E-state index contributed by atoms with van der Waals surface area (Å²) >= 11 is 1.49. The summed E-state index contributed by atoms with van der Waals surface area (Å²) in [7, 11) is 0. The number of carbonyl (C=O) groups excluding carboxylic acids is 1. The van der Waals surface area contributed by atoms with Crippen molar-refractivity contribution in [1.29, 1.82) is 0 Å². The standard InChI is InChI=1S/C19H19N5O2S/c20-12-14-4-5-15-17(11-14)27-19(22-15)24(18(25)16-3-1-10-26-16)8-2-7-23-9-6-21-13-23/h1,3-6,9-11,13H,2,7-8,12,20H2. The predicted molar refractivity (Wildman–Crippen MR) is 105 cm³/mol. The minimum Gasteiger partial charge on any atom is -0.459 e. The molecule has 7 nitrogen and oxygen atoms in total. The van der Waals surface area contributed by atoms with Gasteiger partial charge in [-0.05, 0) is 36.2 Å². The van der Waals surface area contributed by atoms with Gasteiger partial charge in [-0.25, -0.2) is 9.97 Å². The second-order valence-corrected chi connectivity index (χ2v) is 7.10. The Morgan fingerprint density at radius 2 is 2.26 bits per heavy atom. The zero-order valence-electron chi connectivity index (χ0n) is 14.6. The number of anilines is 1. The smallest absolute Gasteiger partial charge is 0.295 e. The van der Waals surface area contributed by atoms with E-state index in [0.717, 1.165) is 28.7 Å². The van der Waals surface area contributed by atoms with Gasteiger partial charge in [-0.3, -0.25) is 9.69 Å². The average molecular weight is 381 g/mol. The molecule has 0 radical (unpaired) electrons. The Morgan fingerprint density at radius 3 is 3.00 bits per heavy atom. The van der Waals surface area contributed by atoms with E-state index in [4.69, 9.17) is 10.2 Å². The molecule has 27 heavy (non-hydrogen) atoms. The van der Waals surface area contributed by atoms with Crippen molar-refractivity contribution in [1.82, 2.24) is 14.5 Å². The van der Waals surface area contributed by atoms with Crippen molar-refractivity contribution < 1.29 is 9.21 Å². The van der Waals surface area contributed by atoms with Crippen LogP contribution in [-0.2, 0) is 13.1 Å². The van der Waals surface area contributed by atoms with E-state index in [1.807, 2.05) is 29.0 Å². The lowest BCUT2D eigenvalue weighted by Gasteiger charge is -2.18. The Bertz CT molecular complexity index is 1020. The first kappa shape index (κ1) is 17.4. The molecular weight excluding hydrogens is 362 g/mol. The summed E-state index contributed by atoms with van der Waals surface area (Å²) in [6.07, 6.45) is 7.69. The first-order chi connectivity index (χ1) is 13.2. The zero-order valence-corrected chi connectivity index (χ0v) is 15.4. The molecule has 0 saturated heterocycles. The first-order valence-electron chi connectivity index (χ1n) is 8.65. The number of rotatable bonds is 7. The molecule has 4 aromatic rings. The van der Waals surface area contributed by atoms with Gasteiger partial charge in [0.05, 0.1) is 22.8 Å². The van der Waals surface area contributed by atoms with Crippen molar-refractivity contribution in [3.05, 3.63) is 66.6 Å². The lowest BCUT2D eigenvalue weighted by Crippen LogP contribution is -2.32. The van der Waals surface area contributed by atoms with Crippen LogP contribution < -0.4 is 10.6 Å². The SMILES string of the molecule is NCc1ccc2nc(N(CCCn3ccnc3)C(=O)c3ccco3)sc2c1. The molecule has 0 aliphatic carbocycles. The number of hydrogen-bond acceptors (Lipinski definition) is 6. The summed E-state index contributed by atoms with van der Waals surface area (Å²) in [6, 6.07) is 9.31. The van der Waals surface area contributed by atoms with Gasteiger partial charge in [0, 0.05) is 32.0 Å². The molecule has 8 heteroatoms. The van der Waals surface area contributed by atoms with Gasteiger partial charge in [0.25, 0.3) is 5.91 Å². The van der Waals surface area contributed by atoms with Crippen LogP contribution in [0.2, 0.25) is 0 Å². The van der Waals surface area contributed by atoms with Crippen LogP contribution in [0.15, 0.2) is 59.7 Å². The number of carbonyl (C=O) groups is 1. The number of aromatic nitrogens is 3. The number of nitrogens with zero attached hydrogens (tertiary/aromatic N) is 4. The Labute approximate surface area is 160 Å². The summed E-state index contributed by atoms with van der Waals surface area (Å²) in [5.74, 6) is 0.114. The molecule has 0 atom stereocenters. The largest absolute Gasteiger partial charge is 0.459 e. The van der Waals surface area contributed by atoms with Gasteiger partial charge >= 0.3 is 0 Å². The van der Waals surface area contributed by atoms with Crippen molar-refractivity contribution >= 4 is 32.6 Å². The minimum absolute atomic E-state index is 0.191. The summed E-state index contributed by atoms with van der Waals surface area (Å²) in [5, 5.41) is 0.659. The fourth-order valence-electron chi connectivity index (χ4n) is 2.85. The quantitative estimate of drug-likeness (QED) is 0.530. The maximum Gasteiger partial charge on any atom is 0.295 e. The molecule has 3 heterocycles. The minimum atomic E-state index is -0.191. The number of thiazole rings is 1. The van der Waals surface area contributed by atoms with E-state index in [1.54, 1.807) is 29.6 Å². The molecule has 0 bridgehead atoms. The highest BCUT2D eigenvalue weighted by Gasteiger charge is 2.23. The number of hydrogen-bond donors (Lipinski definition) is 1. The normalized spacial score (nSPS) is 11.1. The second-order valence-electron chi connectivity index (χ2n) is 6.09. The number of furan rings is 1. The Morgan fingerprint density at radius 1 is 1.33 bits per heavy atom. The van der Waals surface area contributed by atoms with Crippen LogP contribution in [0.5, 0.6) is 0 Å². The molecule has 2 N–H and O–H groups in total. The number of benzene rings is 1. The van der Waals surface area contributed by atoms with Gasteiger partial charge in [-0.2, -0.15) is 0 Å². The monoisotopic (exact) mass is 381 g/mol. The van der Waals surface area contributed by atoms with Crippen LogP contribution in [0.3, 0.4) is 0 Å². The summed E-state index contributed by atoms with van der Waals surface area (Å²) in [5.41, 5.74) is 7.64. The Hall–Kier alpha value is -2.97. The van der Waals surface area contributed by atoms with Crippen molar-refractivity contribution in [2.24, 2.45) is 5.73 Å². The molecular formula is C19H19N5O2S. The maximum absolute atomic E-state index is 13.0. The highest BCUT2D eigenvalue weighted by atomic mass is 32.1. The van der Waals surface area contributed by atoms with Gasteiger partial charge in [0.1, 0.15) is 0 Å². The van der Waals surface area contributed by atoms with Crippen molar-refractivity contribution in [2.45, 2.75) is 19.5 Å². The fourth-order valence-corrected chi connectivity index (χ4v) is 3.90. The Balaban J connectivity index is 1.61. The van der Waals surface area contributed by atoms with E-state index < -0.39 is 0 Å². The summed E-state index contributed by atoms with van der Waals surface area (Å²) < 4.78 is 8.32. The Kier molecular flexibility index (Phi) is 4.99. The lowest BCUT2D eigenvalue weighted by molar-refractivity contribution is 0.0959. The molecule has 0 spiro atoms. The summed E-state index contributed by atoms with van der Waals surface area (Å²) in [4.78, 5) is 23.3. The van der Waals surface area contributed by atoms with Gasteiger partial charge in [-0.15, -0.1) is 0 Å². The molecule has 138 valence electrons. The number of nitrogens with two attached hydrogens (primary N) is 1. The van der Waals surface area contributed by atoms with Crippen molar-refractivity contribution in [3.8, 4) is 0 Å². The lowest BCUT2D eigenvalue weighted by atomic mass is 10.2. The topological polar surface area (TPSA) is 90.2 Å². The van der Waals surface area contributed by atoms with E-state index in [2.05, 4.69) is 9.97 Å². The van der Waals surface area contributed by atoms with Gasteiger partial charge in [-0.1, -0.05) is 17.4 Å². The van der Waals surface area contributed by atoms with Gasteiger partial charge in [0.2, 0.25) is 0 Å². The molecule has 1 aromatic carbocycles. The van der Waals surface area contributed by atoms with Crippen LogP contribution in [0.4, 0.5) is 5.13 Å².